The van der Waals surface area contributed by atoms with Crippen LogP contribution in [0.2, 0.25) is 0 Å². The zero-order chi connectivity index (χ0) is 17.3. The number of rotatable bonds is 5. The molecule has 24 heavy (non-hydrogen) atoms. The highest BCUT2D eigenvalue weighted by molar-refractivity contribution is 5.39. The van der Waals surface area contributed by atoms with Gasteiger partial charge in [-0.25, -0.2) is 4.79 Å². The van der Waals surface area contributed by atoms with E-state index in [2.05, 4.69) is 0 Å². The maximum atomic E-state index is 12.5. The molecule has 1 fully saturated rings. The quantitative estimate of drug-likeness (QED) is 0.841. The van der Waals surface area contributed by atoms with Gasteiger partial charge in [0.1, 0.15) is 24.0 Å². The Balaban J connectivity index is 1.85. The minimum atomic E-state index is -0.551. The summed E-state index contributed by atoms with van der Waals surface area (Å²) >= 11 is 0. The third-order valence-electron chi connectivity index (χ3n) is 4.23. The Morgan fingerprint density at radius 2 is 1.92 bits per heavy atom. The molecule has 0 saturated heterocycles. The van der Waals surface area contributed by atoms with Crippen LogP contribution < -0.4 is 16.0 Å². The van der Waals surface area contributed by atoms with Gasteiger partial charge >= 0.3 is 5.69 Å². The Bertz CT molecular complexity index is 910. The van der Waals surface area contributed by atoms with Crippen LogP contribution in [0.4, 0.5) is 0 Å². The summed E-state index contributed by atoms with van der Waals surface area (Å²) in [5, 5.41) is 9.13. The molecule has 6 nitrogen and oxygen atoms in total. The first-order chi connectivity index (χ1) is 11.5. The number of para-hydroxylation sites is 1. The summed E-state index contributed by atoms with van der Waals surface area (Å²) in [6.45, 7) is 4.21. The van der Waals surface area contributed by atoms with Crippen LogP contribution in [0, 0.1) is 25.2 Å². The minimum absolute atomic E-state index is 0.00595. The largest absolute Gasteiger partial charge is 0.491 e. The Morgan fingerprint density at radius 1 is 1.25 bits per heavy atom. The lowest BCUT2D eigenvalue weighted by Gasteiger charge is -2.13. The Morgan fingerprint density at radius 3 is 2.50 bits per heavy atom. The van der Waals surface area contributed by atoms with Crippen molar-refractivity contribution >= 4 is 0 Å². The van der Waals surface area contributed by atoms with E-state index in [1.54, 1.807) is 0 Å². The second-order valence-electron chi connectivity index (χ2n) is 6.10. The number of nitriles is 1. The number of hydrogen-bond acceptors (Lipinski definition) is 4. The average Bonchev–Trinajstić information content (AvgIpc) is 3.38. The molecule has 0 bridgehead atoms. The maximum Gasteiger partial charge on any atom is 0.331 e. The highest BCUT2D eigenvalue weighted by Gasteiger charge is 2.26. The second kappa shape index (κ2) is 6.36. The van der Waals surface area contributed by atoms with Crippen molar-refractivity contribution in [2.75, 3.05) is 6.61 Å². The molecule has 0 aliphatic heterocycles. The van der Waals surface area contributed by atoms with E-state index < -0.39 is 5.56 Å². The van der Waals surface area contributed by atoms with Crippen molar-refractivity contribution in [1.29, 1.82) is 5.26 Å². The van der Waals surface area contributed by atoms with Crippen molar-refractivity contribution in [2.24, 2.45) is 0 Å². The average molecular weight is 325 g/mol. The monoisotopic (exact) mass is 325 g/mol. The van der Waals surface area contributed by atoms with Crippen LogP contribution in [0.5, 0.6) is 5.75 Å². The third kappa shape index (κ3) is 2.98. The van der Waals surface area contributed by atoms with Crippen molar-refractivity contribution in [3.05, 3.63) is 61.9 Å². The molecule has 1 aliphatic carbocycles. The molecule has 1 aromatic heterocycles. The lowest BCUT2D eigenvalue weighted by atomic mass is 10.1. The van der Waals surface area contributed by atoms with Gasteiger partial charge in [-0.3, -0.25) is 13.9 Å². The predicted octanol–water partition coefficient (Wildman–Crippen LogP) is 1.91. The fourth-order valence-electron chi connectivity index (χ4n) is 2.78. The summed E-state index contributed by atoms with van der Waals surface area (Å²) in [7, 11) is 0. The summed E-state index contributed by atoms with van der Waals surface area (Å²) in [6.07, 6.45) is 3.19. The number of nitrogens with zero attached hydrogens (tertiary/aromatic N) is 3. The first kappa shape index (κ1) is 16.1. The van der Waals surface area contributed by atoms with E-state index in [9.17, 15) is 9.59 Å². The molecule has 0 atom stereocenters. The van der Waals surface area contributed by atoms with Gasteiger partial charge in [0, 0.05) is 12.2 Å². The zero-order valence-electron chi connectivity index (χ0n) is 13.8. The molecule has 0 N–H and O–H groups in total. The molecule has 1 heterocycles. The molecule has 0 amide bonds. The van der Waals surface area contributed by atoms with E-state index in [1.807, 2.05) is 38.1 Å². The molecule has 3 rings (SSSR count). The predicted molar refractivity (Wildman–Crippen MR) is 89.4 cm³/mol. The van der Waals surface area contributed by atoms with E-state index >= 15 is 0 Å². The van der Waals surface area contributed by atoms with Crippen LogP contribution in [0.25, 0.3) is 0 Å². The zero-order valence-corrected chi connectivity index (χ0v) is 13.8. The van der Waals surface area contributed by atoms with Gasteiger partial charge in [-0.2, -0.15) is 5.26 Å². The Labute approximate surface area is 139 Å². The van der Waals surface area contributed by atoms with Gasteiger partial charge in [-0.15, -0.1) is 0 Å². The summed E-state index contributed by atoms with van der Waals surface area (Å²) in [5.41, 5.74) is 1.08. The van der Waals surface area contributed by atoms with Crippen molar-refractivity contribution in [2.45, 2.75) is 39.3 Å². The number of aryl methyl sites for hydroxylation is 2. The normalized spacial score (nSPS) is 13.5. The van der Waals surface area contributed by atoms with Crippen molar-refractivity contribution in [3.63, 3.8) is 0 Å². The number of ether oxygens (including phenoxy) is 1. The topological polar surface area (TPSA) is 77.0 Å². The highest BCUT2D eigenvalue weighted by atomic mass is 16.5. The standard InChI is InChI=1S/C18H19N3O3/c1-12-4-3-5-13(2)16(12)24-9-8-20-17(22)14(10-19)11-21(18(20)23)15-6-7-15/h3-5,11,15H,6-9H2,1-2H3. The van der Waals surface area contributed by atoms with Crippen LogP contribution in [-0.4, -0.2) is 15.7 Å². The molecule has 6 heteroatoms. The van der Waals surface area contributed by atoms with Crippen molar-refractivity contribution in [3.8, 4) is 11.8 Å². The van der Waals surface area contributed by atoms with Gasteiger partial charge in [-0.1, -0.05) is 18.2 Å². The first-order valence-electron chi connectivity index (χ1n) is 7.98. The summed E-state index contributed by atoms with van der Waals surface area (Å²) in [6, 6.07) is 7.84. The van der Waals surface area contributed by atoms with Crippen LogP contribution in [0.15, 0.2) is 34.0 Å². The second-order valence-corrected chi connectivity index (χ2v) is 6.10. The van der Waals surface area contributed by atoms with Crippen LogP contribution >= 0.6 is 0 Å². The summed E-state index contributed by atoms with van der Waals surface area (Å²) in [5.74, 6) is 0.768. The molecule has 0 unspecified atom stereocenters. The summed E-state index contributed by atoms with van der Waals surface area (Å²) < 4.78 is 8.38. The molecular weight excluding hydrogens is 306 g/mol. The number of benzene rings is 1. The van der Waals surface area contributed by atoms with Gasteiger partial charge in [0.05, 0.1) is 6.54 Å². The van der Waals surface area contributed by atoms with Gasteiger partial charge in [-0.05, 0) is 37.8 Å². The number of aromatic nitrogens is 2. The molecular formula is C18H19N3O3. The lowest BCUT2D eigenvalue weighted by molar-refractivity contribution is 0.288. The van der Waals surface area contributed by atoms with Crippen molar-refractivity contribution < 1.29 is 4.74 Å². The maximum absolute atomic E-state index is 12.5. The van der Waals surface area contributed by atoms with E-state index in [0.717, 1.165) is 34.3 Å². The van der Waals surface area contributed by atoms with Gasteiger partial charge < -0.3 is 4.74 Å². The molecule has 1 saturated carbocycles. The number of hydrogen-bond donors (Lipinski definition) is 0. The highest BCUT2D eigenvalue weighted by Crippen LogP contribution is 2.33. The van der Waals surface area contributed by atoms with Crippen LogP contribution in [-0.2, 0) is 6.54 Å². The molecule has 0 spiro atoms. The Kier molecular flexibility index (Phi) is 4.26. The molecule has 124 valence electrons. The fraction of sp³-hybridized carbons (Fsp3) is 0.389. The van der Waals surface area contributed by atoms with E-state index in [0.29, 0.717) is 0 Å². The van der Waals surface area contributed by atoms with E-state index in [-0.39, 0.29) is 30.4 Å². The van der Waals surface area contributed by atoms with Crippen LogP contribution in [0.3, 0.4) is 0 Å². The van der Waals surface area contributed by atoms with Crippen molar-refractivity contribution in [1.82, 2.24) is 9.13 Å². The summed E-state index contributed by atoms with van der Waals surface area (Å²) in [4.78, 5) is 24.7. The molecule has 1 aromatic carbocycles. The molecule has 2 aromatic rings. The van der Waals surface area contributed by atoms with E-state index in [1.165, 1.54) is 10.8 Å². The Hall–Kier alpha value is -2.81. The van der Waals surface area contributed by atoms with Gasteiger partial charge in [0.25, 0.3) is 5.56 Å². The molecule has 0 radical (unpaired) electrons. The van der Waals surface area contributed by atoms with Gasteiger partial charge in [0.2, 0.25) is 0 Å². The fourth-order valence-corrected chi connectivity index (χ4v) is 2.78. The SMILES string of the molecule is Cc1cccc(C)c1OCCn1c(=O)c(C#N)cn(C2CC2)c1=O. The lowest BCUT2D eigenvalue weighted by Crippen LogP contribution is -2.41. The van der Waals surface area contributed by atoms with E-state index in [4.69, 9.17) is 10.00 Å². The first-order valence-corrected chi connectivity index (χ1v) is 7.98. The minimum Gasteiger partial charge on any atom is -0.491 e. The smallest absolute Gasteiger partial charge is 0.331 e. The van der Waals surface area contributed by atoms with Crippen LogP contribution in [0.1, 0.15) is 35.6 Å². The molecule has 1 aliphatic rings. The van der Waals surface area contributed by atoms with Gasteiger partial charge in [0.15, 0.2) is 0 Å². The third-order valence-corrected chi connectivity index (χ3v) is 4.23.